The number of rotatable bonds is 4. The smallest absolute Gasteiger partial charge is 0.114 e. The van der Waals surface area contributed by atoms with E-state index in [9.17, 15) is 0 Å². The first-order valence-corrected chi connectivity index (χ1v) is 6.37. The number of hydrogen-bond acceptors (Lipinski definition) is 4. The number of hydrogen-bond donors (Lipinski definition) is 1. The second-order valence-corrected chi connectivity index (χ2v) is 4.94. The largest absolute Gasteiger partial charge is 0.468 e. The van der Waals surface area contributed by atoms with E-state index in [0.29, 0.717) is 6.04 Å². The van der Waals surface area contributed by atoms with Crippen molar-refractivity contribution < 1.29 is 4.42 Å². The molecule has 0 radical (unpaired) electrons. The van der Waals surface area contributed by atoms with Crippen LogP contribution in [0.15, 0.2) is 45.0 Å². The topological polar surface area (TPSA) is 38.1 Å². The van der Waals surface area contributed by atoms with Crippen LogP contribution in [0.25, 0.3) is 0 Å². The first-order valence-electron chi connectivity index (χ1n) is 5.56. The predicted octanol–water partition coefficient (Wildman–Crippen LogP) is 3.41. The highest BCUT2D eigenvalue weighted by atomic mass is 32.2. The van der Waals surface area contributed by atoms with Crippen molar-refractivity contribution in [3.8, 4) is 0 Å². The highest BCUT2D eigenvalue weighted by molar-refractivity contribution is 7.99. The monoisotopic (exact) mass is 248 g/mol. The Morgan fingerprint density at radius 2 is 2.24 bits per heavy atom. The van der Waals surface area contributed by atoms with Gasteiger partial charge >= 0.3 is 0 Å². The van der Waals surface area contributed by atoms with Gasteiger partial charge in [0.25, 0.3) is 0 Å². The van der Waals surface area contributed by atoms with E-state index in [1.165, 1.54) is 5.56 Å². The highest BCUT2D eigenvalue weighted by Crippen LogP contribution is 2.30. The average molecular weight is 248 g/mol. The van der Waals surface area contributed by atoms with Crippen LogP contribution < -0.4 is 5.32 Å². The van der Waals surface area contributed by atoms with Crippen LogP contribution in [0.5, 0.6) is 0 Å². The van der Waals surface area contributed by atoms with Crippen molar-refractivity contribution in [2.24, 2.45) is 0 Å². The van der Waals surface area contributed by atoms with Gasteiger partial charge in [-0.1, -0.05) is 11.8 Å². The number of nitrogens with zero attached hydrogens (tertiary/aromatic N) is 1. The average Bonchev–Trinajstić information content (AvgIpc) is 2.74. The molecule has 0 bridgehead atoms. The van der Waals surface area contributed by atoms with Gasteiger partial charge in [0.15, 0.2) is 0 Å². The fraction of sp³-hybridized carbons (Fsp3) is 0.308. The quantitative estimate of drug-likeness (QED) is 0.899. The van der Waals surface area contributed by atoms with Crippen LogP contribution in [-0.4, -0.2) is 12.0 Å². The van der Waals surface area contributed by atoms with Crippen LogP contribution in [-0.2, 0) is 0 Å². The molecule has 2 heterocycles. The number of aromatic nitrogens is 1. The van der Waals surface area contributed by atoms with Gasteiger partial charge < -0.3 is 9.73 Å². The summed E-state index contributed by atoms with van der Waals surface area (Å²) in [5.74, 6) is 0.934. The maximum absolute atomic E-state index is 5.27. The Hall–Kier alpha value is -1.26. The van der Waals surface area contributed by atoms with E-state index in [1.807, 2.05) is 32.3 Å². The van der Waals surface area contributed by atoms with Crippen molar-refractivity contribution >= 4 is 11.8 Å². The Labute approximate surface area is 106 Å². The third-order valence-electron chi connectivity index (χ3n) is 2.72. The zero-order chi connectivity index (χ0) is 12.3. The Kier molecular flexibility index (Phi) is 3.86. The summed E-state index contributed by atoms with van der Waals surface area (Å²) in [6.07, 6.45) is 3.55. The van der Waals surface area contributed by atoms with Crippen LogP contribution in [0.2, 0.25) is 0 Å². The summed E-state index contributed by atoms with van der Waals surface area (Å²) >= 11 is 1.63. The molecule has 2 rings (SSSR count). The Morgan fingerprint density at radius 3 is 2.88 bits per heavy atom. The minimum absolute atomic E-state index is 0.336. The molecule has 0 spiro atoms. The first kappa shape index (κ1) is 12.2. The lowest BCUT2D eigenvalue weighted by molar-refractivity contribution is 0.527. The summed E-state index contributed by atoms with van der Waals surface area (Å²) in [4.78, 5) is 5.48. The molecule has 90 valence electrons. The van der Waals surface area contributed by atoms with Crippen molar-refractivity contribution in [3.63, 3.8) is 0 Å². The van der Waals surface area contributed by atoms with Crippen LogP contribution in [0.1, 0.15) is 24.3 Å². The molecule has 0 fully saturated rings. The summed E-state index contributed by atoms with van der Waals surface area (Å²) in [6, 6.07) is 6.45. The third-order valence-corrected chi connectivity index (χ3v) is 3.79. The summed E-state index contributed by atoms with van der Waals surface area (Å²) in [5, 5.41) is 4.22. The number of nitrogens with one attached hydrogen (secondary N) is 1. The summed E-state index contributed by atoms with van der Waals surface area (Å²) in [7, 11) is 1.96. The van der Waals surface area contributed by atoms with Crippen molar-refractivity contribution in [3.05, 3.63) is 42.0 Å². The van der Waals surface area contributed by atoms with Crippen molar-refractivity contribution in [2.45, 2.75) is 29.8 Å². The van der Waals surface area contributed by atoms with Crippen molar-refractivity contribution in [1.29, 1.82) is 0 Å². The van der Waals surface area contributed by atoms with E-state index >= 15 is 0 Å². The molecule has 1 atom stereocenters. The lowest BCUT2D eigenvalue weighted by Crippen LogP contribution is -2.12. The van der Waals surface area contributed by atoms with Crippen molar-refractivity contribution in [1.82, 2.24) is 10.3 Å². The molecule has 0 saturated heterocycles. The molecular formula is C13H16N2OS. The highest BCUT2D eigenvalue weighted by Gasteiger charge is 2.07. The van der Waals surface area contributed by atoms with Crippen LogP contribution in [0.3, 0.4) is 0 Å². The van der Waals surface area contributed by atoms with E-state index in [1.54, 1.807) is 18.0 Å². The zero-order valence-electron chi connectivity index (χ0n) is 10.2. The molecular weight excluding hydrogens is 232 g/mol. The van der Waals surface area contributed by atoms with Gasteiger partial charge in [0.2, 0.25) is 0 Å². The molecule has 1 unspecified atom stereocenters. The third kappa shape index (κ3) is 2.90. The van der Waals surface area contributed by atoms with Crippen LogP contribution in [0.4, 0.5) is 0 Å². The number of aryl methyl sites for hydroxylation is 1. The normalized spacial score (nSPS) is 12.6. The van der Waals surface area contributed by atoms with Gasteiger partial charge in [-0.15, -0.1) is 0 Å². The summed E-state index contributed by atoms with van der Waals surface area (Å²) in [5.41, 5.74) is 1.24. The Balaban J connectivity index is 2.19. The molecule has 17 heavy (non-hydrogen) atoms. The Morgan fingerprint density at radius 1 is 1.41 bits per heavy atom. The fourth-order valence-corrected chi connectivity index (χ4v) is 2.36. The maximum atomic E-state index is 5.27. The molecule has 0 aromatic carbocycles. The lowest BCUT2D eigenvalue weighted by atomic mass is 10.1. The molecule has 0 aliphatic heterocycles. The van der Waals surface area contributed by atoms with Crippen LogP contribution >= 0.6 is 11.8 Å². The predicted molar refractivity (Wildman–Crippen MR) is 69.3 cm³/mol. The molecule has 0 aliphatic carbocycles. The fourth-order valence-electron chi connectivity index (χ4n) is 1.51. The second kappa shape index (κ2) is 5.38. The minimum atomic E-state index is 0.336. The van der Waals surface area contributed by atoms with E-state index in [4.69, 9.17) is 4.42 Å². The van der Waals surface area contributed by atoms with E-state index in [0.717, 1.165) is 15.7 Å². The molecule has 2 aromatic heterocycles. The molecule has 0 amide bonds. The molecule has 2 aromatic rings. The molecule has 0 aliphatic rings. The Bertz CT molecular complexity index is 496. The first-order chi connectivity index (χ1) is 8.20. The van der Waals surface area contributed by atoms with Gasteiger partial charge in [-0.2, -0.15) is 0 Å². The van der Waals surface area contributed by atoms with E-state index in [-0.39, 0.29) is 0 Å². The van der Waals surface area contributed by atoms with Crippen molar-refractivity contribution in [2.75, 3.05) is 7.05 Å². The van der Waals surface area contributed by atoms with Gasteiger partial charge in [-0.3, -0.25) is 0 Å². The van der Waals surface area contributed by atoms with Gasteiger partial charge in [0, 0.05) is 12.2 Å². The second-order valence-electron chi connectivity index (χ2n) is 3.88. The standard InChI is InChI=1S/C13H16N2OS/c1-9(14-3)11-4-6-15-13(8-11)17-12-5-7-16-10(12)2/h4-9,14H,1-3H3. The molecule has 0 saturated carbocycles. The molecule has 1 N–H and O–H groups in total. The van der Waals surface area contributed by atoms with E-state index < -0.39 is 0 Å². The minimum Gasteiger partial charge on any atom is -0.468 e. The van der Waals surface area contributed by atoms with Gasteiger partial charge in [-0.05, 0) is 44.7 Å². The SMILES string of the molecule is CNC(C)c1ccnc(Sc2ccoc2C)c1. The van der Waals surface area contributed by atoms with Gasteiger partial charge in [-0.25, -0.2) is 4.98 Å². The summed E-state index contributed by atoms with van der Waals surface area (Å²) in [6.45, 7) is 4.09. The van der Waals surface area contributed by atoms with E-state index in [2.05, 4.69) is 23.3 Å². The van der Waals surface area contributed by atoms with Gasteiger partial charge in [0.05, 0.1) is 11.2 Å². The number of furan rings is 1. The van der Waals surface area contributed by atoms with Crippen LogP contribution in [0, 0.1) is 6.92 Å². The molecule has 4 heteroatoms. The zero-order valence-corrected chi connectivity index (χ0v) is 11.0. The van der Waals surface area contributed by atoms with Gasteiger partial charge in [0.1, 0.15) is 10.8 Å². The number of pyridine rings is 1. The maximum Gasteiger partial charge on any atom is 0.114 e. The molecule has 3 nitrogen and oxygen atoms in total. The lowest BCUT2D eigenvalue weighted by Gasteiger charge is -2.10. The summed E-state index contributed by atoms with van der Waals surface area (Å²) < 4.78 is 5.27.